The summed E-state index contributed by atoms with van der Waals surface area (Å²) >= 11 is 5.20. The maximum atomic E-state index is 12.8. The summed E-state index contributed by atoms with van der Waals surface area (Å²) < 4.78 is 0. The average molecular weight is 368 g/mol. The monoisotopic (exact) mass is 368 g/mol. The Morgan fingerprint density at radius 2 is 1.81 bits per heavy atom. The molecule has 26 heavy (non-hydrogen) atoms. The van der Waals surface area contributed by atoms with Gasteiger partial charge in [0.1, 0.15) is 0 Å². The van der Waals surface area contributed by atoms with Crippen molar-refractivity contribution in [2.75, 3.05) is 5.32 Å². The number of carbonyl (C=O) groups excluding carboxylic acids is 1. The lowest BCUT2D eigenvalue weighted by atomic mass is 9.94. The zero-order valence-corrected chi connectivity index (χ0v) is 14.7. The van der Waals surface area contributed by atoms with Gasteiger partial charge in [0.2, 0.25) is 0 Å². The molecule has 3 rings (SSSR count). The largest absolute Gasteiger partial charge is 0.351 e. The predicted octanol–water partition coefficient (Wildman–Crippen LogP) is 3.03. The number of nitrogens with one attached hydrogen (secondary N) is 3. The molecule has 1 atom stereocenters. The van der Waals surface area contributed by atoms with E-state index in [-0.39, 0.29) is 11.6 Å². The fraction of sp³-hybridized carbons (Fsp3) is 0.111. The Balaban J connectivity index is 1.93. The smallest absolute Gasteiger partial charge is 0.269 e. The van der Waals surface area contributed by atoms with Crippen molar-refractivity contribution in [3.8, 4) is 0 Å². The number of thiocarbonyl (C=S) groups is 1. The summed E-state index contributed by atoms with van der Waals surface area (Å²) in [7, 11) is 0. The summed E-state index contributed by atoms with van der Waals surface area (Å²) in [4.78, 5) is 23.2. The van der Waals surface area contributed by atoms with Crippen molar-refractivity contribution in [3.05, 3.63) is 81.5 Å². The number of para-hydroxylation sites is 1. The zero-order valence-electron chi connectivity index (χ0n) is 13.9. The lowest BCUT2D eigenvalue weighted by Crippen LogP contribution is -2.45. The standard InChI is InChI=1S/C18H16N4O3S/c1-11-15(17(23)20-13-5-3-2-4-6-13)16(21-18(26)19-11)12-7-9-14(10-8-12)22(24)25/h2-10,16H,1H3,(H,20,23)(H2,19,21,26). The number of amides is 1. The first-order valence-electron chi connectivity index (χ1n) is 7.85. The number of hydrogen-bond donors (Lipinski definition) is 3. The van der Waals surface area contributed by atoms with Gasteiger partial charge in [0.05, 0.1) is 16.5 Å². The molecule has 0 radical (unpaired) electrons. The molecule has 0 spiro atoms. The average Bonchev–Trinajstić information content (AvgIpc) is 2.61. The number of carbonyl (C=O) groups is 1. The quantitative estimate of drug-likeness (QED) is 0.436. The minimum atomic E-state index is -0.506. The molecule has 0 bridgehead atoms. The Hall–Kier alpha value is -3.26. The lowest BCUT2D eigenvalue weighted by Gasteiger charge is -2.30. The van der Waals surface area contributed by atoms with Gasteiger partial charge in [-0.05, 0) is 49.0 Å². The van der Waals surface area contributed by atoms with Crippen LogP contribution in [0.3, 0.4) is 0 Å². The fourth-order valence-corrected chi connectivity index (χ4v) is 3.02. The molecule has 1 amide bonds. The van der Waals surface area contributed by atoms with Crippen LogP contribution < -0.4 is 16.0 Å². The number of allylic oxidation sites excluding steroid dienone is 1. The van der Waals surface area contributed by atoms with Crippen molar-refractivity contribution < 1.29 is 9.72 Å². The van der Waals surface area contributed by atoms with Gasteiger partial charge in [-0.3, -0.25) is 14.9 Å². The third kappa shape index (κ3) is 3.70. The van der Waals surface area contributed by atoms with Gasteiger partial charge in [-0.2, -0.15) is 0 Å². The second-order valence-electron chi connectivity index (χ2n) is 5.74. The Morgan fingerprint density at radius 3 is 2.42 bits per heavy atom. The molecule has 1 heterocycles. The van der Waals surface area contributed by atoms with Crippen LogP contribution in [-0.4, -0.2) is 15.9 Å². The van der Waals surface area contributed by atoms with E-state index in [1.807, 2.05) is 18.2 Å². The van der Waals surface area contributed by atoms with Crippen LogP contribution in [-0.2, 0) is 4.79 Å². The summed E-state index contributed by atoms with van der Waals surface area (Å²) in [5, 5.41) is 20.1. The van der Waals surface area contributed by atoms with Crippen LogP contribution in [0.1, 0.15) is 18.5 Å². The van der Waals surface area contributed by atoms with Crippen LogP contribution in [0, 0.1) is 10.1 Å². The van der Waals surface area contributed by atoms with Gasteiger partial charge in [0.25, 0.3) is 11.6 Å². The van der Waals surface area contributed by atoms with E-state index in [2.05, 4.69) is 16.0 Å². The Bertz CT molecular complexity index is 894. The van der Waals surface area contributed by atoms with Gasteiger partial charge in [0, 0.05) is 23.5 Å². The van der Waals surface area contributed by atoms with E-state index in [1.54, 1.807) is 31.2 Å². The third-order valence-electron chi connectivity index (χ3n) is 3.98. The SMILES string of the molecule is CC1=C(C(=O)Nc2ccccc2)C(c2ccc([N+](=O)[O-])cc2)NC(=S)N1. The molecule has 7 nitrogen and oxygen atoms in total. The molecule has 2 aromatic carbocycles. The van der Waals surface area contributed by atoms with Crippen molar-refractivity contribution >= 4 is 34.6 Å². The molecule has 2 aromatic rings. The topological polar surface area (TPSA) is 96.3 Å². The van der Waals surface area contributed by atoms with Gasteiger partial charge in [-0.25, -0.2) is 0 Å². The molecule has 0 aromatic heterocycles. The molecular formula is C18H16N4O3S. The van der Waals surface area contributed by atoms with Gasteiger partial charge in [-0.15, -0.1) is 0 Å². The summed E-state index contributed by atoms with van der Waals surface area (Å²) in [5.74, 6) is -0.278. The first kappa shape index (κ1) is 17.6. The molecule has 1 aliphatic rings. The molecule has 1 aliphatic heterocycles. The Morgan fingerprint density at radius 1 is 1.15 bits per heavy atom. The molecule has 0 saturated carbocycles. The number of benzene rings is 2. The van der Waals surface area contributed by atoms with Crippen LogP contribution in [0.4, 0.5) is 11.4 Å². The number of nitro groups is 1. The van der Waals surface area contributed by atoms with Crippen LogP contribution in [0.2, 0.25) is 0 Å². The number of nitro benzene ring substituents is 1. The molecule has 0 saturated heterocycles. The normalized spacial score (nSPS) is 16.5. The van der Waals surface area contributed by atoms with E-state index in [0.29, 0.717) is 27.6 Å². The second kappa shape index (κ2) is 7.32. The molecule has 0 aliphatic carbocycles. The van der Waals surface area contributed by atoms with Crippen molar-refractivity contribution in [2.24, 2.45) is 0 Å². The number of anilines is 1. The zero-order chi connectivity index (χ0) is 18.7. The summed E-state index contributed by atoms with van der Waals surface area (Å²) in [6, 6.07) is 14.7. The second-order valence-corrected chi connectivity index (χ2v) is 6.15. The first-order valence-corrected chi connectivity index (χ1v) is 8.25. The summed E-state index contributed by atoms with van der Waals surface area (Å²) in [5.41, 5.74) is 2.47. The van der Waals surface area contributed by atoms with Gasteiger partial charge < -0.3 is 16.0 Å². The molecule has 3 N–H and O–H groups in total. The van der Waals surface area contributed by atoms with E-state index in [9.17, 15) is 14.9 Å². The van der Waals surface area contributed by atoms with Crippen LogP contribution in [0.5, 0.6) is 0 Å². The van der Waals surface area contributed by atoms with E-state index in [4.69, 9.17) is 12.2 Å². The summed E-state index contributed by atoms with van der Waals surface area (Å²) in [6.07, 6.45) is 0. The van der Waals surface area contributed by atoms with Gasteiger partial charge >= 0.3 is 0 Å². The van der Waals surface area contributed by atoms with Gasteiger partial charge in [-0.1, -0.05) is 18.2 Å². The highest BCUT2D eigenvalue weighted by molar-refractivity contribution is 7.80. The number of rotatable bonds is 4. The fourth-order valence-electron chi connectivity index (χ4n) is 2.75. The van der Waals surface area contributed by atoms with Crippen LogP contribution in [0.15, 0.2) is 65.9 Å². The van der Waals surface area contributed by atoms with E-state index in [1.165, 1.54) is 12.1 Å². The van der Waals surface area contributed by atoms with Gasteiger partial charge in [0.15, 0.2) is 5.11 Å². The molecule has 132 valence electrons. The highest BCUT2D eigenvalue weighted by atomic mass is 32.1. The maximum Gasteiger partial charge on any atom is 0.269 e. The Labute approximate surface area is 155 Å². The Kier molecular flexibility index (Phi) is 4.94. The van der Waals surface area contributed by atoms with Crippen LogP contribution >= 0.6 is 12.2 Å². The summed E-state index contributed by atoms with van der Waals surface area (Å²) in [6.45, 7) is 1.77. The minimum Gasteiger partial charge on any atom is -0.351 e. The van der Waals surface area contributed by atoms with Crippen molar-refractivity contribution in [1.29, 1.82) is 0 Å². The number of nitrogens with zero attached hydrogens (tertiary/aromatic N) is 1. The van der Waals surface area contributed by atoms with E-state index in [0.717, 1.165) is 0 Å². The lowest BCUT2D eigenvalue weighted by molar-refractivity contribution is -0.384. The van der Waals surface area contributed by atoms with E-state index < -0.39 is 11.0 Å². The van der Waals surface area contributed by atoms with Crippen molar-refractivity contribution in [1.82, 2.24) is 10.6 Å². The number of hydrogen-bond acceptors (Lipinski definition) is 4. The minimum absolute atomic E-state index is 0.0127. The highest BCUT2D eigenvalue weighted by Gasteiger charge is 2.30. The molecule has 1 unspecified atom stereocenters. The molecular weight excluding hydrogens is 352 g/mol. The molecule has 0 fully saturated rings. The third-order valence-corrected chi connectivity index (χ3v) is 4.20. The van der Waals surface area contributed by atoms with Crippen LogP contribution in [0.25, 0.3) is 0 Å². The first-order chi connectivity index (χ1) is 12.5. The predicted molar refractivity (Wildman–Crippen MR) is 102 cm³/mol. The highest BCUT2D eigenvalue weighted by Crippen LogP contribution is 2.29. The van der Waals surface area contributed by atoms with Crippen molar-refractivity contribution in [2.45, 2.75) is 13.0 Å². The molecule has 8 heteroatoms. The number of non-ortho nitro benzene ring substituents is 1. The van der Waals surface area contributed by atoms with Crippen molar-refractivity contribution in [3.63, 3.8) is 0 Å². The van der Waals surface area contributed by atoms with E-state index >= 15 is 0 Å². The maximum absolute atomic E-state index is 12.8.